The van der Waals surface area contributed by atoms with Crippen LogP contribution in [-0.4, -0.2) is 30.1 Å². The summed E-state index contributed by atoms with van der Waals surface area (Å²) >= 11 is 0. The van der Waals surface area contributed by atoms with Gasteiger partial charge in [0.1, 0.15) is 0 Å². The first-order valence-electron chi connectivity index (χ1n) is 8.73. The normalized spacial score (nSPS) is 10.4. The van der Waals surface area contributed by atoms with Crippen LogP contribution in [0.1, 0.15) is 19.4 Å². The van der Waals surface area contributed by atoms with Crippen molar-refractivity contribution >= 4 is 16.7 Å². The van der Waals surface area contributed by atoms with E-state index in [4.69, 9.17) is 19.6 Å². The molecule has 0 fully saturated rings. The molecule has 0 aliphatic heterocycles. The molecule has 5 nitrogen and oxygen atoms in total. The predicted octanol–water partition coefficient (Wildman–Crippen LogP) is 5.06. The number of rotatable bonds is 4. The second-order valence-corrected chi connectivity index (χ2v) is 6.27. The molecule has 1 aromatic heterocycles. The van der Waals surface area contributed by atoms with Crippen LogP contribution in [0.3, 0.4) is 0 Å². The van der Waals surface area contributed by atoms with Gasteiger partial charge in [-0.2, -0.15) is 0 Å². The van der Waals surface area contributed by atoms with Crippen molar-refractivity contribution in [1.29, 1.82) is 0 Å². The molecule has 0 saturated carbocycles. The van der Waals surface area contributed by atoms with Crippen LogP contribution in [0.4, 0.5) is 0 Å². The Morgan fingerprint density at radius 2 is 1.72 bits per heavy atom. The number of aliphatic hydroxyl groups is 1. The minimum absolute atomic E-state index is 0. The van der Waals surface area contributed by atoms with Crippen molar-refractivity contribution in [2.24, 2.45) is 0 Å². The molecule has 0 aliphatic carbocycles. The maximum atomic E-state index is 10.0. The van der Waals surface area contributed by atoms with Crippen LogP contribution >= 0.6 is 0 Å². The summed E-state index contributed by atoms with van der Waals surface area (Å²) in [4.78, 5) is 14.7. The monoisotopic (exact) mass is 571 g/mol. The van der Waals surface area contributed by atoms with E-state index in [0.717, 1.165) is 22.2 Å². The van der Waals surface area contributed by atoms with Gasteiger partial charge in [-0.15, -0.1) is 35.4 Å². The Bertz CT molecular complexity index is 1010. The number of carbonyl (C=O) groups excluding carboxylic acids is 1. The Morgan fingerprint density at radius 3 is 2.24 bits per heavy atom. The van der Waals surface area contributed by atoms with Gasteiger partial charge in [-0.25, -0.2) is 0 Å². The topological polar surface area (TPSA) is 68.7 Å². The predicted molar refractivity (Wildman–Crippen MR) is 111 cm³/mol. The van der Waals surface area contributed by atoms with Gasteiger partial charge in [0.25, 0.3) is 0 Å². The molecule has 0 aliphatic rings. The number of nitrogens with zero attached hydrogens (tertiary/aromatic N) is 1. The van der Waals surface area contributed by atoms with E-state index in [2.05, 4.69) is 19.1 Å². The average Bonchev–Trinajstić information content (AvgIpc) is 2.65. The second-order valence-electron chi connectivity index (χ2n) is 6.27. The zero-order valence-electron chi connectivity index (χ0n) is 17.1. The number of fused-ring (bicyclic) bond motifs is 1. The smallest absolute Gasteiger partial charge is 0.162 e. The molecule has 0 atom stereocenters. The van der Waals surface area contributed by atoms with Gasteiger partial charge in [0.15, 0.2) is 17.3 Å². The van der Waals surface area contributed by atoms with Crippen molar-refractivity contribution in [2.75, 3.05) is 14.2 Å². The summed E-state index contributed by atoms with van der Waals surface area (Å²) in [5, 5.41) is 9.38. The number of aromatic nitrogens is 1. The Balaban J connectivity index is 0.000000456. The van der Waals surface area contributed by atoms with Crippen LogP contribution in [-0.2, 0) is 24.9 Å². The SMILES string of the molecule is CC(=O)/C=C(/C)O.COc1cc2ccc(-c3[c-]ccc(C)c3)nc2cc1OC.[Ir]. The molecule has 0 amide bonds. The number of hydrogen-bond acceptors (Lipinski definition) is 5. The average molecular weight is 571 g/mol. The summed E-state index contributed by atoms with van der Waals surface area (Å²) < 4.78 is 10.7. The molecule has 0 unspecified atom stereocenters. The fourth-order valence-corrected chi connectivity index (χ4v) is 2.62. The Hall–Kier alpha value is -2.69. The molecule has 29 heavy (non-hydrogen) atoms. The number of aliphatic hydroxyl groups excluding tert-OH is 1. The van der Waals surface area contributed by atoms with Gasteiger partial charge >= 0.3 is 0 Å². The number of aryl methyl sites for hydroxylation is 1. The van der Waals surface area contributed by atoms with Gasteiger partial charge < -0.3 is 14.6 Å². The van der Waals surface area contributed by atoms with Crippen LogP contribution in [0.5, 0.6) is 11.5 Å². The minimum atomic E-state index is -0.125. The molecule has 1 heterocycles. The van der Waals surface area contributed by atoms with E-state index in [9.17, 15) is 4.79 Å². The third-order valence-electron chi connectivity index (χ3n) is 3.84. The number of methoxy groups -OCH3 is 2. The van der Waals surface area contributed by atoms with Crippen LogP contribution in [0.2, 0.25) is 0 Å². The number of ether oxygens (including phenoxy) is 2. The van der Waals surface area contributed by atoms with E-state index in [1.165, 1.54) is 25.5 Å². The Morgan fingerprint density at radius 1 is 1.07 bits per heavy atom. The molecule has 2 aromatic carbocycles. The van der Waals surface area contributed by atoms with Crippen molar-refractivity contribution in [1.82, 2.24) is 4.98 Å². The van der Waals surface area contributed by atoms with Gasteiger partial charge in [0.05, 0.1) is 25.5 Å². The second kappa shape index (κ2) is 11.3. The third kappa shape index (κ3) is 7.00. The summed E-state index contributed by atoms with van der Waals surface area (Å²) in [5.41, 5.74) is 3.96. The maximum Gasteiger partial charge on any atom is 0.162 e. The quantitative estimate of drug-likeness (QED) is 0.270. The molecule has 1 radical (unpaired) electrons. The van der Waals surface area contributed by atoms with Gasteiger partial charge in [0.2, 0.25) is 0 Å². The van der Waals surface area contributed by atoms with Crippen molar-refractivity contribution in [3.05, 3.63) is 65.9 Å². The summed E-state index contributed by atoms with van der Waals surface area (Å²) in [6.45, 7) is 4.91. The van der Waals surface area contributed by atoms with Crippen LogP contribution in [0.15, 0.2) is 54.3 Å². The number of benzene rings is 2. The molecule has 1 N–H and O–H groups in total. The van der Waals surface area contributed by atoms with Gasteiger partial charge in [-0.3, -0.25) is 9.78 Å². The summed E-state index contributed by atoms with van der Waals surface area (Å²) in [6.07, 6.45) is 1.17. The summed E-state index contributed by atoms with van der Waals surface area (Å²) in [7, 11) is 3.26. The Kier molecular flexibility index (Phi) is 9.52. The van der Waals surface area contributed by atoms with E-state index >= 15 is 0 Å². The molecule has 155 valence electrons. The zero-order chi connectivity index (χ0) is 20.7. The molecular weight excluding hydrogens is 546 g/mol. The molecule has 0 spiro atoms. The summed E-state index contributed by atoms with van der Waals surface area (Å²) in [5.74, 6) is 1.33. The van der Waals surface area contributed by atoms with Crippen LogP contribution < -0.4 is 9.47 Å². The first-order valence-corrected chi connectivity index (χ1v) is 8.73. The molecular formula is C23H24IrNO4-. The largest absolute Gasteiger partial charge is 0.512 e. The zero-order valence-corrected chi connectivity index (χ0v) is 19.5. The van der Waals surface area contributed by atoms with E-state index in [-0.39, 0.29) is 31.6 Å². The van der Waals surface area contributed by atoms with Crippen molar-refractivity contribution in [2.45, 2.75) is 20.8 Å². The van der Waals surface area contributed by atoms with E-state index in [0.29, 0.717) is 11.5 Å². The van der Waals surface area contributed by atoms with Gasteiger partial charge in [-0.05, 0) is 25.6 Å². The number of allylic oxidation sites excluding steroid dienone is 2. The number of pyridine rings is 1. The maximum absolute atomic E-state index is 10.0. The van der Waals surface area contributed by atoms with Gasteiger partial charge in [-0.1, -0.05) is 19.1 Å². The van der Waals surface area contributed by atoms with Crippen molar-refractivity contribution in [3.63, 3.8) is 0 Å². The Labute approximate surface area is 184 Å². The molecule has 6 heteroatoms. The number of hydrogen-bond donors (Lipinski definition) is 1. The third-order valence-corrected chi connectivity index (χ3v) is 3.84. The number of ketones is 1. The molecule has 0 saturated heterocycles. The van der Waals surface area contributed by atoms with Crippen molar-refractivity contribution in [3.8, 4) is 22.8 Å². The van der Waals surface area contributed by atoms with E-state index < -0.39 is 0 Å². The fourth-order valence-electron chi connectivity index (χ4n) is 2.62. The standard InChI is InChI=1S/C18H16NO2.C5H8O2.Ir/c1-12-5-4-6-13(9-12)15-8-7-14-10-17(20-2)18(21-3)11-16(14)19-15;1-4(6)3-5(2)7;/h4-5,7-11H,1-3H3;3,6H,1-2H3;/q-1;;/b;4-3-;. The van der Waals surface area contributed by atoms with E-state index in [1.807, 2.05) is 36.4 Å². The fraction of sp³-hybridized carbons (Fsp3) is 0.217. The van der Waals surface area contributed by atoms with Gasteiger partial charge in [0, 0.05) is 37.6 Å². The van der Waals surface area contributed by atoms with Crippen molar-refractivity contribution < 1.29 is 39.5 Å². The minimum Gasteiger partial charge on any atom is -0.512 e. The first-order chi connectivity index (χ1) is 13.3. The van der Waals surface area contributed by atoms with Crippen LogP contribution in [0, 0.1) is 13.0 Å². The first kappa shape index (κ1) is 24.3. The number of carbonyl (C=O) groups is 1. The molecule has 0 bridgehead atoms. The van der Waals surface area contributed by atoms with E-state index in [1.54, 1.807) is 14.2 Å². The van der Waals surface area contributed by atoms with Crippen LogP contribution in [0.25, 0.3) is 22.2 Å². The molecule has 3 rings (SSSR count). The molecule has 3 aromatic rings. The summed E-state index contributed by atoms with van der Waals surface area (Å²) in [6, 6.07) is 17.1.